The number of nitro groups is 1. The first kappa shape index (κ1) is 20.7. The molecule has 8 heteroatoms. The number of benzene rings is 1. The van der Waals surface area contributed by atoms with Crippen LogP contribution in [0, 0.1) is 22.5 Å². The molecule has 1 aliphatic rings. The van der Waals surface area contributed by atoms with Crippen LogP contribution in [0.3, 0.4) is 0 Å². The zero-order valence-corrected chi connectivity index (χ0v) is 17.3. The van der Waals surface area contributed by atoms with Gasteiger partial charge in [0.2, 0.25) is 0 Å². The number of nitrogens with zero attached hydrogens (tertiary/aromatic N) is 1. The largest absolute Gasteiger partial charge is 0.493 e. The molecule has 0 aliphatic heterocycles. The van der Waals surface area contributed by atoms with Crippen LogP contribution in [0.2, 0.25) is 0 Å². The van der Waals surface area contributed by atoms with E-state index in [0.717, 1.165) is 23.5 Å². The van der Waals surface area contributed by atoms with Crippen LogP contribution in [0.4, 0.5) is 5.69 Å². The Morgan fingerprint density at radius 2 is 2.07 bits per heavy atom. The number of nitrogens with one attached hydrogen (secondary N) is 1. The Bertz CT molecular complexity index is 947. The van der Waals surface area contributed by atoms with Crippen LogP contribution in [0.5, 0.6) is 11.5 Å². The second-order valence-corrected chi connectivity index (χ2v) is 8.02. The van der Waals surface area contributed by atoms with Gasteiger partial charge in [0.1, 0.15) is 17.1 Å². The van der Waals surface area contributed by atoms with Gasteiger partial charge in [-0.15, -0.1) is 0 Å². The SMILES string of the molecule is CCOc1cc([N+](=O)[O-])c(C(=O)N[C@H]2CC(C)(C)Cc3oc(C)cc32)cc1OC. The quantitative estimate of drug-likeness (QED) is 0.569. The number of hydrogen-bond acceptors (Lipinski definition) is 6. The fraction of sp³-hybridized carbons (Fsp3) is 0.476. The number of fused-ring (bicyclic) bond motifs is 1. The van der Waals surface area contributed by atoms with Crippen LogP contribution < -0.4 is 14.8 Å². The fourth-order valence-electron chi connectivity index (χ4n) is 3.86. The number of furan rings is 1. The van der Waals surface area contributed by atoms with E-state index in [1.807, 2.05) is 13.0 Å². The van der Waals surface area contributed by atoms with E-state index in [2.05, 4.69) is 19.2 Å². The van der Waals surface area contributed by atoms with Crippen LogP contribution in [0.25, 0.3) is 0 Å². The van der Waals surface area contributed by atoms with Crippen LogP contribution in [-0.2, 0) is 6.42 Å². The van der Waals surface area contributed by atoms with Gasteiger partial charge in [0, 0.05) is 18.1 Å². The third kappa shape index (κ3) is 4.21. The molecule has 3 rings (SSSR count). The average molecular weight is 402 g/mol. The molecule has 0 saturated heterocycles. The minimum absolute atomic E-state index is 0.0690. The van der Waals surface area contributed by atoms with Crippen molar-refractivity contribution in [2.45, 2.75) is 46.6 Å². The normalized spacial score (nSPS) is 17.3. The van der Waals surface area contributed by atoms with E-state index >= 15 is 0 Å². The number of methoxy groups -OCH3 is 1. The lowest BCUT2D eigenvalue weighted by molar-refractivity contribution is -0.385. The molecule has 2 aromatic rings. The van der Waals surface area contributed by atoms with Crippen molar-refractivity contribution < 1.29 is 23.6 Å². The molecule has 1 amide bonds. The molecule has 0 bridgehead atoms. The second-order valence-electron chi connectivity index (χ2n) is 8.02. The lowest BCUT2D eigenvalue weighted by Crippen LogP contribution is -2.36. The van der Waals surface area contributed by atoms with E-state index in [0.29, 0.717) is 13.0 Å². The highest BCUT2D eigenvalue weighted by Gasteiger charge is 2.36. The standard InChI is InChI=1S/C21H26N2O6/c1-6-28-18-9-16(23(25)26)14(8-17(18)27-5)20(24)22-15-10-21(3,4)11-19-13(15)7-12(2)29-19/h7-9,15H,6,10-11H2,1-5H3,(H,22,24)/t15-/m0/s1. The van der Waals surface area contributed by atoms with Crippen molar-refractivity contribution >= 4 is 11.6 Å². The molecular weight excluding hydrogens is 376 g/mol. The molecule has 1 atom stereocenters. The molecule has 29 heavy (non-hydrogen) atoms. The van der Waals surface area contributed by atoms with Crippen LogP contribution in [-0.4, -0.2) is 24.5 Å². The number of rotatable bonds is 6. The zero-order chi connectivity index (χ0) is 21.3. The van der Waals surface area contributed by atoms with Gasteiger partial charge in [-0.05, 0) is 31.7 Å². The molecule has 1 aromatic heterocycles. The maximum absolute atomic E-state index is 13.1. The first-order valence-corrected chi connectivity index (χ1v) is 9.54. The third-order valence-electron chi connectivity index (χ3n) is 5.06. The Labute approximate surface area is 169 Å². The fourth-order valence-corrected chi connectivity index (χ4v) is 3.86. The molecule has 1 heterocycles. The minimum atomic E-state index is -0.588. The van der Waals surface area contributed by atoms with Gasteiger partial charge in [0.25, 0.3) is 11.6 Å². The first-order valence-electron chi connectivity index (χ1n) is 9.54. The molecule has 0 unspecified atom stereocenters. The summed E-state index contributed by atoms with van der Waals surface area (Å²) in [5.74, 6) is 1.59. The van der Waals surface area contributed by atoms with Gasteiger partial charge in [0.15, 0.2) is 11.5 Å². The van der Waals surface area contributed by atoms with Crippen LogP contribution in [0.1, 0.15) is 60.7 Å². The Hall–Kier alpha value is -3.03. The van der Waals surface area contributed by atoms with E-state index in [-0.39, 0.29) is 34.2 Å². The highest BCUT2D eigenvalue weighted by molar-refractivity contribution is 5.99. The predicted molar refractivity (Wildman–Crippen MR) is 107 cm³/mol. The monoisotopic (exact) mass is 402 g/mol. The summed E-state index contributed by atoms with van der Waals surface area (Å²) in [4.78, 5) is 24.1. The molecule has 1 aliphatic carbocycles. The number of nitro benzene ring substituents is 1. The average Bonchev–Trinajstić information content (AvgIpc) is 3.00. The molecule has 1 N–H and O–H groups in total. The van der Waals surface area contributed by atoms with Gasteiger partial charge in [-0.3, -0.25) is 14.9 Å². The summed E-state index contributed by atoms with van der Waals surface area (Å²) in [5, 5.41) is 14.6. The molecule has 0 spiro atoms. The van der Waals surface area contributed by atoms with E-state index in [9.17, 15) is 14.9 Å². The van der Waals surface area contributed by atoms with Crippen LogP contribution in [0.15, 0.2) is 22.6 Å². The van der Waals surface area contributed by atoms with Gasteiger partial charge in [-0.1, -0.05) is 13.8 Å². The third-order valence-corrected chi connectivity index (χ3v) is 5.06. The Morgan fingerprint density at radius 3 is 2.69 bits per heavy atom. The van der Waals surface area contributed by atoms with Gasteiger partial charge in [-0.2, -0.15) is 0 Å². The van der Waals surface area contributed by atoms with E-state index in [1.54, 1.807) is 6.92 Å². The number of hydrogen-bond donors (Lipinski definition) is 1. The van der Waals surface area contributed by atoms with Gasteiger partial charge < -0.3 is 19.2 Å². The highest BCUT2D eigenvalue weighted by atomic mass is 16.6. The number of ether oxygens (including phenoxy) is 2. The Morgan fingerprint density at radius 1 is 1.34 bits per heavy atom. The zero-order valence-electron chi connectivity index (χ0n) is 17.3. The van der Waals surface area contributed by atoms with E-state index < -0.39 is 10.8 Å². The molecule has 8 nitrogen and oxygen atoms in total. The van der Waals surface area contributed by atoms with Crippen molar-refractivity contribution in [3.05, 3.63) is 51.0 Å². The van der Waals surface area contributed by atoms with Crippen molar-refractivity contribution in [2.24, 2.45) is 5.41 Å². The molecule has 156 valence electrons. The first-order chi connectivity index (χ1) is 13.6. The maximum Gasteiger partial charge on any atom is 0.286 e. The molecule has 0 fully saturated rings. The lowest BCUT2D eigenvalue weighted by atomic mass is 9.74. The smallest absolute Gasteiger partial charge is 0.286 e. The summed E-state index contributed by atoms with van der Waals surface area (Å²) in [6.45, 7) is 8.16. The van der Waals surface area contributed by atoms with E-state index in [1.165, 1.54) is 19.2 Å². The summed E-state index contributed by atoms with van der Waals surface area (Å²) >= 11 is 0. The summed E-state index contributed by atoms with van der Waals surface area (Å²) in [5.41, 5.74) is 0.458. The predicted octanol–water partition coefficient (Wildman–Crippen LogP) is 4.35. The number of amides is 1. The van der Waals surface area contributed by atoms with Crippen molar-refractivity contribution in [3.8, 4) is 11.5 Å². The molecular formula is C21H26N2O6. The number of carbonyl (C=O) groups excluding carboxylic acids is 1. The van der Waals surface area contributed by atoms with Crippen LogP contribution >= 0.6 is 0 Å². The minimum Gasteiger partial charge on any atom is -0.493 e. The number of carbonyl (C=O) groups is 1. The summed E-state index contributed by atoms with van der Waals surface area (Å²) in [7, 11) is 1.43. The topological polar surface area (TPSA) is 104 Å². The highest BCUT2D eigenvalue weighted by Crippen LogP contribution is 2.42. The molecule has 1 aromatic carbocycles. The molecule has 0 saturated carbocycles. The Balaban J connectivity index is 1.97. The second kappa shape index (κ2) is 7.77. The Kier molecular flexibility index (Phi) is 5.55. The molecule has 0 radical (unpaired) electrons. The van der Waals surface area contributed by atoms with Gasteiger partial charge in [-0.25, -0.2) is 0 Å². The van der Waals surface area contributed by atoms with E-state index in [4.69, 9.17) is 13.9 Å². The summed E-state index contributed by atoms with van der Waals surface area (Å²) < 4.78 is 16.5. The van der Waals surface area contributed by atoms with Crippen molar-refractivity contribution in [2.75, 3.05) is 13.7 Å². The van der Waals surface area contributed by atoms with Crippen molar-refractivity contribution in [1.82, 2.24) is 5.32 Å². The maximum atomic E-state index is 13.1. The number of aryl methyl sites for hydroxylation is 1. The lowest BCUT2D eigenvalue weighted by Gasteiger charge is -2.34. The van der Waals surface area contributed by atoms with Gasteiger partial charge >= 0.3 is 0 Å². The summed E-state index contributed by atoms with van der Waals surface area (Å²) in [6.07, 6.45) is 1.48. The van der Waals surface area contributed by atoms with Crippen molar-refractivity contribution in [1.29, 1.82) is 0 Å². The van der Waals surface area contributed by atoms with Crippen molar-refractivity contribution in [3.63, 3.8) is 0 Å². The summed E-state index contributed by atoms with van der Waals surface area (Å²) in [6, 6.07) is 4.21. The van der Waals surface area contributed by atoms with Gasteiger partial charge in [0.05, 0.1) is 30.7 Å².